The van der Waals surface area contributed by atoms with Crippen LogP contribution in [-0.2, 0) is 4.79 Å². The van der Waals surface area contributed by atoms with E-state index in [9.17, 15) is 4.79 Å². The molecule has 1 atom stereocenters. The lowest BCUT2D eigenvalue weighted by molar-refractivity contribution is -0.120. The summed E-state index contributed by atoms with van der Waals surface area (Å²) in [7, 11) is 0. The Morgan fingerprint density at radius 2 is 1.82 bits per heavy atom. The summed E-state index contributed by atoms with van der Waals surface area (Å²) in [6, 6.07) is 8.26. The maximum Gasteiger partial charge on any atom is 0.227 e. The van der Waals surface area contributed by atoms with E-state index >= 15 is 0 Å². The first-order valence-electron chi connectivity index (χ1n) is 8.64. The van der Waals surface area contributed by atoms with Crippen LogP contribution in [0.1, 0.15) is 44.9 Å². The highest BCUT2D eigenvalue weighted by atomic mass is 16.1. The van der Waals surface area contributed by atoms with Crippen LogP contribution in [0.15, 0.2) is 36.4 Å². The van der Waals surface area contributed by atoms with Gasteiger partial charge in [0.25, 0.3) is 0 Å². The van der Waals surface area contributed by atoms with E-state index in [4.69, 9.17) is 0 Å². The van der Waals surface area contributed by atoms with Gasteiger partial charge in [-0.3, -0.25) is 4.79 Å². The third-order valence-corrected chi connectivity index (χ3v) is 4.75. The van der Waals surface area contributed by atoms with Gasteiger partial charge in [-0.25, -0.2) is 0 Å². The second kappa shape index (κ2) is 7.48. The molecule has 0 saturated carbocycles. The molecule has 1 aliphatic heterocycles. The Morgan fingerprint density at radius 3 is 2.55 bits per heavy atom. The van der Waals surface area contributed by atoms with Crippen LogP contribution >= 0.6 is 0 Å². The highest BCUT2D eigenvalue weighted by Crippen LogP contribution is 2.29. The molecule has 1 saturated heterocycles. The summed E-state index contributed by atoms with van der Waals surface area (Å²) in [6.07, 6.45) is 12.3. The standard InChI is InChI=1S/C19H26N2O/c22-19(16-10-4-3-5-11-16)20-17-12-6-7-13-18(17)21-14-8-1-2-9-15-21/h3-4,6-7,12-13,16H,1-2,5,8-11,14-15H2,(H,20,22). The van der Waals surface area contributed by atoms with Gasteiger partial charge in [-0.2, -0.15) is 0 Å². The van der Waals surface area contributed by atoms with Gasteiger partial charge in [0.05, 0.1) is 11.4 Å². The summed E-state index contributed by atoms with van der Waals surface area (Å²) in [5.41, 5.74) is 2.16. The van der Waals surface area contributed by atoms with Crippen molar-refractivity contribution in [2.75, 3.05) is 23.3 Å². The molecule has 1 amide bonds. The van der Waals surface area contributed by atoms with Gasteiger partial charge in [-0.05, 0) is 44.2 Å². The summed E-state index contributed by atoms with van der Waals surface area (Å²) >= 11 is 0. The Morgan fingerprint density at radius 1 is 1.05 bits per heavy atom. The summed E-state index contributed by atoms with van der Waals surface area (Å²) < 4.78 is 0. The molecule has 3 rings (SSSR count). The molecule has 1 aliphatic carbocycles. The van der Waals surface area contributed by atoms with E-state index in [1.54, 1.807) is 0 Å². The maximum absolute atomic E-state index is 12.5. The number of hydrogen-bond donors (Lipinski definition) is 1. The fraction of sp³-hybridized carbons (Fsp3) is 0.526. The number of benzene rings is 1. The second-order valence-corrected chi connectivity index (χ2v) is 6.39. The van der Waals surface area contributed by atoms with Crippen molar-refractivity contribution in [2.45, 2.75) is 44.9 Å². The zero-order valence-electron chi connectivity index (χ0n) is 13.3. The molecule has 22 heavy (non-hydrogen) atoms. The minimum Gasteiger partial charge on any atom is -0.370 e. The van der Waals surface area contributed by atoms with Gasteiger partial charge in [0.2, 0.25) is 5.91 Å². The number of carbonyl (C=O) groups excluding carboxylic acids is 1. The van der Waals surface area contributed by atoms with Crippen LogP contribution in [0.25, 0.3) is 0 Å². The fourth-order valence-corrected chi connectivity index (χ4v) is 3.43. The first kappa shape index (κ1) is 15.1. The second-order valence-electron chi connectivity index (χ2n) is 6.39. The smallest absolute Gasteiger partial charge is 0.227 e. The third kappa shape index (κ3) is 3.70. The number of para-hydroxylation sites is 2. The highest BCUT2D eigenvalue weighted by Gasteiger charge is 2.20. The first-order chi connectivity index (χ1) is 10.8. The van der Waals surface area contributed by atoms with Crippen LogP contribution in [0.2, 0.25) is 0 Å². The van der Waals surface area contributed by atoms with Gasteiger partial charge in [-0.15, -0.1) is 0 Å². The summed E-state index contributed by atoms with van der Waals surface area (Å²) in [5, 5.41) is 3.18. The van der Waals surface area contributed by atoms with Crippen LogP contribution in [0.5, 0.6) is 0 Å². The van der Waals surface area contributed by atoms with Crippen molar-refractivity contribution in [1.29, 1.82) is 0 Å². The number of allylic oxidation sites excluding steroid dienone is 2. The molecule has 0 spiro atoms. The molecule has 1 unspecified atom stereocenters. The molecular formula is C19H26N2O. The van der Waals surface area contributed by atoms with Crippen LogP contribution in [-0.4, -0.2) is 19.0 Å². The minimum atomic E-state index is 0.127. The van der Waals surface area contributed by atoms with Crippen molar-refractivity contribution in [3.05, 3.63) is 36.4 Å². The molecule has 3 nitrogen and oxygen atoms in total. The van der Waals surface area contributed by atoms with Gasteiger partial charge in [0, 0.05) is 19.0 Å². The zero-order chi connectivity index (χ0) is 15.2. The zero-order valence-corrected chi connectivity index (χ0v) is 13.3. The third-order valence-electron chi connectivity index (χ3n) is 4.75. The van der Waals surface area contributed by atoms with Crippen molar-refractivity contribution in [3.8, 4) is 0 Å². The number of nitrogens with zero attached hydrogens (tertiary/aromatic N) is 1. The Bertz CT molecular complexity index is 530. The number of amides is 1. The fourth-order valence-electron chi connectivity index (χ4n) is 3.43. The Hall–Kier alpha value is -1.77. The molecule has 0 bridgehead atoms. The predicted molar refractivity (Wildman–Crippen MR) is 92.2 cm³/mol. The molecule has 2 aliphatic rings. The molecule has 118 valence electrons. The van der Waals surface area contributed by atoms with E-state index < -0.39 is 0 Å². The molecule has 1 aromatic carbocycles. The average molecular weight is 298 g/mol. The highest BCUT2D eigenvalue weighted by molar-refractivity contribution is 5.96. The average Bonchev–Trinajstić information content (AvgIpc) is 2.85. The minimum absolute atomic E-state index is 0.127. The SMILES string of the molecule is O=C(Nc1ccccc1N1CCCCCC1)C1CC=CCC1. The molecule has 1 N–H and O–H groups in total. The molecule has 1 aromatic rings. The van der Waals surface area contributed by atoms with Gasteiger partial charge >= 0.3 is 0 Å². The molecular weight excluding hydrogens is 272 g/mol. The first-order valence-corrected chi connectivity index (χ1v) is 8.64. The number of hydrogen-bond acceptors (Lipinski definition) is 2. The number of rotatable bonds is 3. The largest absolute Gasteiger partial charge is 0.370 e. The summed E-state index contributed by atoms with van der Waals surface area (Å²) in [4.78, 5) is 14.9. The molecule has 0 aromatic heterocycles. The van der Waals surface area contributed by atoms with Crippen LogP contribution in [0, 0.1) is 5.92 Å². The Balaban J connectivity index is 1.72. The van der Waals surface area contributed by atoms with E-state index in [1.165, 1.54) is 31.4 Å². The lowest BCUT2D eigenvalue weighted by Crippen LogP contribution is -2.28. The van der Waals surface area contributed by atoms with E-state index in [0.29, 0.717) is 0 Å². The number of anilines is 2. The van der Waals surface area contributed by atoms with Crippen molar-refractivity contribution < 1.29 is 4.79 Å². The van der Waals surface area contributed by atoms with Crippen LogP contribution in [0.4, 0.5) is 11.4 Å². The maximum atomic E-state index is 12.5. The predicted octanol–water partition coefficient (Wildman–Crippen LogP) is 4.36. The van der Waals surface area contributed by atoms with Gasteiger partial charge in [-0.1, -0.05) is 37.1 Å². The van der Waals surface area contributed by atoms with Crippen molar-refractivity contribution in [2.24, 2.45) is 5.92 Å². The van der Waals surface area contributed by atoms with Crippen LogP contribution in [0.3, 0.4) is 0 Å². The van der Waals surface area contributed by atoms with Crippen molar-refractivity contribution >= 4 is 17.3 Å². The molecule has 3 heteroatoms. The van der Waals surface area contributed by atoms with Gasteiger partial charge < -0.3 is 10.2 Å². The Labute approximate surface area is 133 Å². The lowest BCUT2D eigenvalue weighted by Gasteiger charge is -2.26. The van der Waals surface area contributed by atoms with Gasteiger partial charge in [0.1, 0.15) is 0 Å². The topological polar surface area (TPSA) is 32.3 Å². The molecule has 1 heterocycles. The normalized spacial score (nSPS) is 22.2. The molecule has 0 radical (unpaired) electrons. The lowest BCUT2D eigenvalue weighted by atomic mass is 9.93. The summed E-state index contributed by atoms with van der Waals surface area (Å²) in [5.74, 6) is 0.300. The van der Waals surface area contributed by atoms with E-state index in [2.05, 4.69) is 34.5 Å². The quantitative estimate of drug-likeness (QED) is 0.841. The monoisotopic (exact) mass is 298 g/mol. The van der Waals surface area contributed by atoms with E-state index in [0.717, 1.165) is 38.0 Å². The summed E-state index contributed by atoms with van der Waals surface area (Å²) in [6.45, 7) is 2.19. The van der Waals surface area contributed by atoms with Crippen molar-refractivity contribution in [3.63, 3.8) is 0 Å². The molecule has 1 fully saturated rings. The van der Waals surface area contributed by atoms with Crippen molar-refractivity contribution in [1.82, 2.24) is 0 Å². The van der Waals surface area contributed by atoms with Crippen LogP contribution < -0.4 is 10.2 Å². The van der Waals surface area contributed by atoms with E-state index in [1.807, 2.05) is 12.1 Å². The number of nitrogens with one attached hydrogen (secondary N) is 1. The number of carbonyl (C=O) groups is 1. The van der Waals surface area contributed by atoms with Gasteiger partial charge in [0.15, 0.2) is 0 Å². The van der Waals surface area contributed by atoms with E-state index in [-0.39, 0.29) is 11.8 Å². The Kier molecular flexibility index (Phi) is 5.15.